The summed E-state index contributed by atoms with van der Waals surface area (Å²) < 4.78 is 6.55. The van der Waals surface area contributed by atoms with Gasteiger partial charge in [0.2, 0.25) is 21.7 Å². The number of nitrogens with one attached hydrogen (secondary N) is 4. The third-order valence-corrected chi connectivity index (χ3v) is 34.2. The van der Waals surface area contributed by atoms with Gasteiger partial charge in [0, 0.05) is 39.8 Å². The largest absolute Gasteiger partial charge is 2.00 e. The van der Waals surface area contributed by atoms with Gasteiger partial charge in [0.1, 0.15) is 6.04 Å². The second-order valence-electron chi connectivity index (χ2n) is 44.3. The second kappa shape index (κ2) is 61.2. The number of aryl methyl sites for hydroxylation is 2. The molecule has 11 aliphatic carbocycles. The number of hydrogen-bond donors (Lipinski definition) is 8. The van der Waals surface area contributed by atoms with Crippen LogP contribution in [0.1, 0.15) is 409 Å². The van der Waals surface area contributed by atoms with E-state index >= 15 is 0 Å². The third-order valence-electron chi connectivity index (χ3n) is 34.2. The Morgan fingerprint density at radius 3 is 0.966 bits per heavy atom. The van der Waals surface area contributed by atoms with E-state index in [1.165, 1.54) is 204 Å². The average molecular weight is 2210 g/mol. The molecule has 0 aliphatic heterocycles. The molecule has 5 atom stereocenters. The van der Waals surface area contributed by atoms with Gasteiger partial charge in [0.05, 0.1) is 62.6 Å². The van der Waals surface area contributed by atoms with E-state index in [9.17, 15) is 78.0 Å². The van der Waals surface area contributed by atoms with Crippen molar-refractivity contribution in [3.05, 3.63) is 270 Å². The zero-order valence-corrected chi connectivity index (χ0v) is 96.2. The third kappa shape index (κ3) is 29.6. The second-order valence-corrected chi connectivity index (χ2v) is 44.3. The number of aromatic hydroxyl groups is 4. The zero-order chi connectivity index (χ0) is 97.7. The van der Waals surface area contributed by atoms with Gasteiger partial charge in [-0.15, -0.1) is 0 Å². The topological polar surface area (TPSA) is 369 Å². The zero-order valence-electron chi connectivity index (χ0n) is 91.8. The number of nitrogens with zero attached hydrogens (tertiary/aromatic N) is 4. The van der Waals surface area contributed by atoms with Crippen molar-refractivity contribution in [1.82, 2.24) is 39.1 Å². The minimum Gasteiger partial charge on any atom is -0.503 e. The number of hydrogen-bond acceptors (Lipinski definition) is 16. The molecule has 0 radical (unpaired) electrons. The molecule has 10 aromatic rings. The van der Waals surface area contributed by atoms with Crippen molar-refractivity contribution < 1.29 is 88.7 Å². The van der Waals surface area contributed by atoms with Crippen molar-refractivity contribution in [3.8, 4) is 67.5 Å². The molecular formula is C120H177Fe4N8O16-. The summed E-state index contributed by atoms with van der Waals surface area (Å²) in [5, 5.41) is 53.4. The molecule has 11 aliphatic rings. The summed E-state index contributed by atoms with van der Waals surface area (Å²) in [4.78, 5) is 149. The van der Waals surface area contributed by atoms with Crippen LogP contribution in [0.5, 0.6) is 23.0 Å². The molecule has 11 saturated carbocycles. The Hall–Kier alpha value is -7.92. The molecule has 4 aromatic heterocycles. The monoisotopic (exact) mass is 2210 g/mol. The van der Waals surface area contributed by atoms with Crippen LogP contribution >= 0.6 is 0 Å². The maximum absolute atomic E-state index is 13.7. The van der Waals surface area contributed by atoms with Crippen LogP contribution in [-0.2, 0) is 94.0 Å². The van der Waals surface area contributed by atoms with E-state index in [4.69, 9.17) is 0 Å². The van der Waals surface area contributed by atoms with Gasteiger partial charge in [-0.25, -0.2) is 18.7 Å². The Morgan fingerprint density at radius 2 is 0.628 bits per heavy atom. The van der Waals surface area contributed by atoms with E-state index in [2.05, 4.69) is 82.7 Å². The first kappa shape index (κ1) is 134. The molecule has 5 unspecified atom stereocenters. The summed E-state index contributed by atoms with van der Waals surface area (Å²) in [6.07, 6.45) is 61.2. The van der Waals surface area contributed by atoms with Gasteiger partial charge in [-0.1, -0.05) is 367 Å². The normalized spacial score (nSPS) is 20.5. The minimum absolute atomic E-state index is 0. The van der Waals surface area contributed by atoms with Gasteiger partial charge in [0.15, 0.2) is 23.0 Å². The Kier molecular flexibility index (Phi) is 55.5. The Bertz CT molecular complexity index is 6120. The van der Waals surface area contributed by atoms with E-state index in [-0.39, 0.29) is 222 Å². The smallest absolute Gasteiger partial charge is 0.503 e. The summed E-state index contributed by atoms with van der Waals surface area (Å²) >= 11 is 0. The Labute approximate surface area is 923 Å². The van der Waals surface area contributed by atoms with Gasteiger partial charge in [-0.05, 0) is 146 Å². The van der Waals surface area contributed by atoms with E-state index < -0.39 is 78.0 Å². The van der Waals surface area contributed by atoms with Crippen molar-refractivity contribution in [2.24, 2.45) is 64.1 Å². The number of rotatable bonds is 23. The van der Waals surface area contributed by atoms with Gasteiger partial charge >= 0.3 is 51.2 Å². The number of fused-ring (bicyclic) bond motifs is 2. The fraction of sp³-hybridized carbons (Fsp3) is 0.608. The molecule has 6 aromatic carbocycles. The minimum atomic E-state index is -0.929. The molecule has 8 N–H and O–H groups in total. The number of aromatic nitrogens is 8. The molecule has 21 rings (SSSR count). The van der Waals surface area contributed by atoms with Crippen molar-refractivity contribution in [2.45, 2.75) is 401 Å². The molecule has 11 fully saturated rings. The summed E-state index contributed by atoms with van der Waals surface area (Å²) in [6, 6.07) is 18.9. The number of aromatic amines is 4. The summed E-state index contributed by atoms with van der Waals surface area (Å²) in [6.45, 7) is 19.5. The fourth-order valence-corrected chi connectivity index (χ4v) is 25.9. The van der Waals surface area contributed by atoms with Crippen LogP contribution in [0.25, 0.3) is 44.5 Å². The van der Waals surface area contributed by atoms with Crippen LogP contribution in [0, 0.1) is 116 Å². The van der Waals surface area contributed by atoms with Gasteiger partial charge in [-0.3, -0.25) is 77.9 Å². The van der Waals surface area contributed by atoms with Crippen LogP contribution < -0.4 is 65.7 Å². The van der Waals surface area contributed by atoms with Crippen LogP contribution in [0.15, 0.2) is 118 Å². The van der Waals surface area contributed by atoms with Crippen LogP contribution in [-0.4, -0.2) is 59.5 Å². The first-order valence-electron chi connectivity index (χ1n) is 53.4. The van der Waals surface area contributed by atoms with Crippen molar-refractivity contribution in [1.29, 1.82) is 0 Å². The molecule has 28 heteroatoms. The molecule has 826 valence electrons. The predicted molar refractivity (Wildman–Crippen MR) is 590 cm³/mol. The molecule has 0 spiro atoms. The van der Waals surface area contributed by atoms with Gasteiger partial charge in [0.25, 0.3) is 44.0 Å². The van der Waals surface area contributed by atoms with Crippen LogP contribution in [0.2, 0.25) is 0 Å². The van der Waals surface area contributed by atoms with E-state index in [1.54, 1.807) is 14.0 Å². The molecule has 2 bridgehead atoms. The van der Waals surface area contributed by atoms with Crippen LogP contribution in [0.4, 0.5) is 0 Å². The molecule has 24 nitrogen and oxygen atoms in total. The van der Waals surface area contributed by atoms with Crippen LogP contribution in [0.3, 0.4) is 0 Å². The van der Waals surface area contributed by atoms with Gasteiger partial charge < -0.3 is 72.4 Å². The average Bonchev–Trinajstić information content (AvgIpc) is 1.53. The SMILES string of the molecule is C1CCCC1.C1CCCC1.C1CCCC1.C1CCCC1.CC(C)C(C(C)C)n1[nH]c(CCC2CCCC2)c(-c2c(O)c(=O)c2=O)c1=O.CC1(C)C2CCC1(C)C(n1[nH]c(CC3CCCC3)c(-c3c(O)c(=O)c3=O)c1=O)C2.CC1CCCC(C)C1n1[nH]c(CCCC2CCCC2)c(-c2c(O)c(=O)c2=O)c1=O.O=c1c(O)c(-c2c(CC3CCCC3)[nH]n(C(c3ccccc3)c3ccccc3)c2=O)c1=O.[CH3-].[CH3-].[CH3-].[CH3-].[CH3-].[CH3-].[CH3-].[Fe+2].[Fe+2].[Fe+2].[Fe]. The standard InChI is InChI=1S/C26H24N2O4.C23H30N2O4.C23H32N2O4.C21H30N2O4.4C5H10.7CH3.4Fe/c29-23-21(24(30)25(23)31)20-19(15-16-9-7-8-10-16)27-28(26(20)32)22(17-11-3-1-4-12-17)18-13-5-2-6-14-18;1-22(2)13-8-9-23(22,3)15(11-13)25-21(29)16(17-18(26)20(28)19(17)27)14(24-25)10-12-6-4-5-7-12;1-13-7-5-8-14(2)19(13)25-23(29)17(18-20(26)22(28)21(18)27)16(24-25)12-6-11-15-9-3-4-10-15;1-11(2)17(12(3)4)23-21(27)15(16-18(24)20(26)19(16)25)14(22-23)10-9-13-7-5-6-8-13;4*1-2-4-5-3-1;;;;;;;;;;;/h1-6,11-14,16,22,27,29H,7-10,15H2;12-13,15,24,26H,4-11H2,1-3H3;13-15,19,24,26H,3-12H2,1-2H3;11-13,17,22,24H,5-10H2,1-4H3;4*1-5H2;7*1H3;;;;/q;;;;;;;;7*-1;;3*+2. The van der Waals surface area contributed by atoms with E-state index in [0.717, 1.165) is 107 Å². The summed E-state index contributed by atoms with van der Waals surface area (Å²) in [5.41, 5.74) is -2.82. The predicted octanol–water partition coefficient (Wildman–Crippen LogP) is 24.5. The number of H-pyrrole nitrogens is 4. The quantitative estimate of drug-likeness (QED) is 0.0168. The molecular weight excluding hydrogens is 2030 g/mol. The van der Waals surface area contributed by atoms with Crippen molar-refractivity contribution in [3.63, 3.8) is 0 Å². The molecule has 0 saturated heterocycles. The van der Waals surface area contributed by atoms with Gasteiger partial charge in [-0.2, -0.15) is 0 Å². The van der Waals surface area contributed by atoms with Crippen molar-refractivity contribution >= 4 is 0 Å². The first-order valence-corrected chi connectivity index (χ1v) is 53.4. The maximum atomic E-state index is 13.7. The Morgan fingerprint density at radius 1 is 0.331 bits per heavy atom. The summed E-state index contributed by atoms with van der Waals surface area (Å²) in [5.74, 6) is 1.71. The Balaban J connectivity index is 0.000000464. The van der Waals surface area contributed by atoms with E-state index in [0.29, 0.717) is 84.0 Å². The van der Waals surface area contributed by atoms with Crippen molar-refractivity contribution in [2.75, 3.05) is 0 Å². The fourth-order valence-electron chi connectivity index (χ4n) is 25.9. The van der Waals surface area contributed by atoms with E-state index in [1.807, 2.05) is 60.7 Å². The molecule has 0 amide bonds. The number of benzene rings is 2. The summed E-state index contributed by atoms with van der Waals surface area (Å²) in [7, 11) is 0. The molecule has 148 heavy (non-hydrogen) atoms. The first-order chi connectivity index (χ1) is 65.9. The maximum Gasteiger partial charge on any atom is 2.00 e. The molecule has 4 heterocycles.